The Kier molecular flexibility index (Phi) is 5.26. The van der Waals surface area contributed by atoms with Gasteiger partial charge in [-0.3, -0.25) is 9.59 Å². The number of carbonyl (C=O) groups is 2. The van der Waals surface area contributed by atoms with E-state index in [2.05, 4.69) is 5.32 Å². The Hall–Kier alpha value is -2.07. The maximum absolute atomic E-state index is 14.2. The average Bonchev–Trinajstić information content (AvgIpc) is 2.95. The molecule has 2 aromatic carbocycles. The first-order chi connectivity index (χ1) is 16.3. The number of aliphatic imine (C=N–C) groups is 1. The van der Waals surface area contributed by atoms with Crippen molar-refractivity contribution >= 4 is 75.6 Å². The number of fused-ring (bicyclic) bond motifs is 4. The summed E-state index contributed by atoms with van der Waals surface area (Å²) < 4.78 is 11.5. The van der Waals surface area contributed by atoms with Crippen molar-refractivity contribution in [3.8, 4) is 0 Å². The van der Waals surface area contributed by atoms with Gasteiger partial charge in [0, 0.05) is 20.6 Å². The summed E-state index contributed by atoms with van der Waals surface area (Å²) in [6.45, 7) is 1.12. The highest BCUT2D eigenvalue weighted by molar-refractivity contribution is 6.39. The van der Waals surface area contributed by atoms with Crippen LogP contribution < -0.4 is 10.2 Å². The molecule has 8 nitrogen and oxygen atoms in total. The van der Waals surface area contributed by atoms with E-state index < -0.39 is 29.3 Å². The molecule has 176 valence electrons. The molecule has 6 rings (SSSR count). The molecule has 4 aliphatic heterocycles. The maximum Gasteiger partial charge on any atom is 0.267 e. The molecular weight excluding hydrogens is 526 g/mol. The topological polar surface area (TPSA) is 83.5 Å². The van der Waals surface area contributed by atoms with E-state index in [1.54, 1.807) is 17.0 Å². The van der Waals surface area contributed by atoms with Crippen LogP contribution in [0.4, 0.5) is 11.4 Å². The summed E-state index contributed by atoms with van der Waals surface area (Å²) in [6, 6.07) is 7.22. The Morgan fingerprint density at radius 1 is 0.971 bits per heavy atom. The highest BCUT2D eigenvalue weighted by Crippen LogP contribution is 2.55. The first-order valence-electron chi connectivity index (χ1n) is 10.4. The molecule has 3 unspecified atom stereocenters. The number of hydrogen-bond donors (Lipinski definition) is 1. The van der Waals surface area contributed by atoms with Gasteiger partial charge in [0.15, 0.2) is 5.54 Å². The van der Waals surface area contributed by atoms with Crippen LogP contribution in [0.3, 0.4) is 0 Å². The van der Waals surface area contributed by atoms with Gasteiger partial charge in [-0.2, -0.15) is 0 Å². The lowest BCUT2D eigenvalue weighted by Crippen LogP contribution is -2.63. The molecule has 2 aromatic rings. The van der Waals surface area contributed by atoms with Crippen molar-refractivity contribution in [2.24, 2.45) is 10.9 Å². The number of guanidine groups is 1. The Bertz CT molecular complexity index is 1270. The molecule has 2 bridgehead atoms. The summed E-state index contributed by atoms with van der Waals surface area (Å²) in [5.74, 6) is -1.55. The lowest BCUT2D eigenvalue weighted by atomic mass is 9.73. The second kappa shape index (κ2) is 7.98. The summed E-state index contributed by atoms with van der Waals surface area (Å²) in [5, 5.41) is 4.42. The van der Waals surface area contributed by atoms with Crippen molar-refractivity contribution in [2.75, 3.05) is 36.8 Å². The number of amides is 2. The summed E-state index contributed by atoms with van der Waals surface area (Å²) in [5.41, 5.74) is -0.444. The number of nitrogens with zero attached hydrogens (tertiary/aromatic N) is 3. The van der Waals surface area contributed by atoms with Crippen molar-refractivity contribution in [3.05, 3.63) is 56.0 Å². The van der Waals surface area contributed by atoms with Crippen LogP contribution in [-0.4, -0.2) is 55.3 Å². The molecule has 0 aromatic heterocycles. The normalized spacial score (nSPS) is 27.8. The first-order valence-corrected chi connectivity index (χ1v) is 12.0. The van der Waals surface area contributed by atoms with E-state index in [4.69, 9.17) is 60.9 Å². The van der Waals surface area contributed by atoms with Gasteiger partial charge in [0.2, 0.25) is 11.9 Å². The largest absolute Gasteiger partial charge is 0.377 e. The SMILES string of the molecule is O=C1C2C3COCCOCN3C3=NC2(C(=O)N1c1cc(Cl)cc(Cl)c1)c1cc(Cl)cc(Cl)c1N3. The van der Waals surface area contributed by atoms with Crippen molar-refractivity contribution in [1.29, 1.82) is 0 Å². The molecule has 12 heteroatoms. The van der Waals surface area contributed by atoms with Gasteiger partial charge < -0.3 is 19.7 Å². The van der Waals surface area contributed by atoms with Gasteiger partial charge in [0.1, 0.15) is 12.6 Å². The number of anilines is 2. The van der Waals surface area contributed by atoms with Gasteiger partial charge in [-0.1, -0.05) is 46.4 Å². The predicted molar refractivity (Wildman–Crippen MR) is 129 cm³/mol. The monoisotopic (exact) mass is 540 g/mol. The highest BCUT2D eigenvalue weighted by Gasteiger charge is 2.69. The average molecular weight is 542 g/mol. The van der Waals surface area contributed by atoms with Crippen LogP contribution in [-0.2, 0) is 24.6 Å². The van der Waals surface area contributed by atoms with E-state index in [1.165, 1.54) is 18.2 Å². The third-order valence-corrected chi connectivity index (χ3v) is 7.46. The van der Waals surface area contributed by atoms with Crippen molar-refractivity contribution in [3.63, 3.8) is 0 Å². The highest BCUT2D eigenvalue weighted by atomic mass is 35.5. The Balaban J connectivity index is 1.61. The minimum Gasteiger partial charge on any atom is -0.377 e. The van der Waals surface area contributed by atoms with Crippen LogP contribution in [0.2, 0.25) is 20.1 Å². The fourth-order valence-corrected chi connectivity index (χ4v) is 6.20. The molecule has 0 saturated carbocycles. The fourth-order valence-electron chi connectivity index (χ4n) is 5.15. The van der Waals surface area contributed by atoms with Crippen molar-refractivity contribution in [1.82, 2.24) is 4.90 Å². The molecule has 1 N–H and O–H groups in total. The number of ether oxygens (including phenoxy) is 2. The summed E-state index contributed by atoms with van der Waals surface area (Å²) in [4.78, 5) is 36.0. The summed E-state index contributed by atoms with van der Waals surface area (Å²) in [6.07, 6.45) is 0. The number of carbonyl (C=O) groups excluding carboxylic acids is 2. The number of nitrogens with one attached hydrogen (secondary N) is 1. The van der Waals surface area contributed by atoms with Gasteiger partial charge >= 0.3 is 0 Å². The molecular formula is C22H16Cl4N4O4. The zero-order chi connectivity index (χ0) is 23.8. The van der Waals surface area contributed by atoms with Crippen LogP contribution in [0, 0.1) is 5.92 Å². The van der Waals surface area contributed by atoms with E-state index in [1.807, 2.05) is 0 Å². The van der Waals surface area contributed by atoms with Crippen LogP contribution in [0.5, 0.6) is 0 Å². The van der Waals surface area contributed by atoms with Gasteiger partial charge in [0.25, 0.3) is 5.91 Å². The van der Waals surface area contributed by atoms with Gasteiger partial charge in [0.05, 0.1) is 42.3 Å². The molecule has 34 heavy (non-hydrogen) atoms. The minimum absolute atomic E-state index is 0.164. The van der Waals surface area contributed by atoms with E-state index in [9.17, 15) is 9.59 Å². The van der Waals surface area contributed by atoms with E-state index in [0.717, 1.165) is 4.90 Å². The molecule has 2 saturated heterocycles. The van der Waals surface area contributed by atoms with Crippen LogP contribution in [0.25, 0.3) is 0 Å². The minimum atomic E-state index is -1.60. The Morgan fingerprint density at radius 3 is 2.44 bits per heavy atom. The molecule has 0 aliphatic carbocycles. The molecule has 2 fully saturated rings. The molecule has 2 amide bonds. The number of halogens is 4. The standard InChI is InChI=1S/C22H16Cl4N4O4/c23-10-3-11(24)5-13(4-10)30-19(31)17-16-8-33-1-2-34-9-29(16)21-27-18-14(6-12(25)7-15(18)26)22(17,28-21)20(30)32/h3-7,16-17H,1-2,8-9H2,(H,27,28). The second-order valence-electron chi connectivity index (χ2n) is 8.37. The number of rotatable bonds is 1. The Morgan fingerprint density at radius 2 is 1.68 bits per heavy atom. The lowest BCUT2D eigenvalue weighted by molar-refractivity contribution is -0.130. The van der Waals surface area contributed by atoms with Crippen LogP contribution in [0.15, 0.2) is 35.3 Å². The van der Waals surface area contributed by atoms with Crippen molar-refractivity contribution < 1.29 is 19.1 Å². The second-order valence-corrected chi connectivity index (χ2v) is 10.1. The third kappa shape index (κ3) is 3.10. The first kappa shape index (κ1) is 22.4. The lowest BCUT2D eigenvalue weighted by Gasteiger charge is -2.49. The van der Waals surface area contributed by atoms with E-state index in [0.29, 0.717) is 50.5 Å². The molecule has 4 aliphatic rings. The van der Waals surface area contributed by atoms with Gasteiger partial charge in [-0.25, -0.2) is 9.89 Å². The summed E-state index contributed by atoms with van der Waals surface area (Å²) >= 11 is 25.3. The van der Waals surface area contributed by atoms with Crippen LogP contribution >= 0.6 is 46.4 Å². The zero-order valence-corrected chi connectivity index (χ0v) is 20.4. The summed E-state index contributed by atoms with van der Waals surface area (Å²) in [7, 11) is 0. The van der Waals surface area contributed by atoms with Crippen molar-refractivity contribution in [2.45, 2.75) is 11.6 Å². The molecule has 3 atom stereocenters. The van der Waals surface area contributed by atoms with Gasteiger partial charge in [-0.15, -0.1) is 0 Å². The Labute approximate surface area is 214 Å². The zero-order valence-electron chi connectivity index (χ0n) is 17.4. The fraction of sp³-hybridized carbons (Fsp3) is 0.318. The number of imide groups is 1. The number of benzene rings is 2. The third-order valence-electron chi connectivity index (χ3n) is 6.50. The predicted octanol–water partition coefficient (Wildman–Crippen LogP) is 4.16. The molecule has 0 radical (unpaired) electrons. The number of hydrogen-bond acceptors (Lipinski definition) is 7. The quantitative estimate of drug-likeness (QED) is 0.546. The van der Waals surface area contributed by atoms with Gasteiger partial charge in [-0.05, 0) is 30.3 Å². The molecule has 1 spiro atoms. The van der Waals surface area contributed by atoms with E-state index in [-0.39, 0.29) is 19.0 Å². The molecule has 4 heterocycles. The maximum atomic E-state index is 14.2. The van der Waals surface area contributed by atoms with E-state index >= 15 is 0 Å². The van der Waals surface area contributed by atoms with Crippen LogP contribution in [0.1, 0.15) is 5.56 Å². The smallest absolute Gasteiger partial charge is 0.267 e.